The minimum atomic E-state index is -0.680. The molecule has 3 amide bonds. The molecule has 12 heteroatoms. The van der Waals surface area contributed by atoms with Gasteiger partial charge in [0, 0.05) is 23.5 Å². The number of morpholine rings is 1. The highest BCUT2D eigenvalue weighted by molar-refractivity contribution is 7.98. The Morgan fingerprint density at radius 3 is 2.62 bits per heavy atom. The van der Waals surface area contributed by atoms with Gasteiger partial charge in [0.25, 0.3) is 5.91 Å². The first-order valence-electron chi connectivity index (χ1n) is 10.1. The second kappa shape index (κ2) is 10.2. The number of carbonyl (C=O) groups excluding carboxylic acids is 2. The molecule has 0 atom stereocenters. The number of nitrogens with two attached hydrogens (primary N) is 1. The van der Waals surface area contributed by atoms with E-state index in [2.05, 4.69) is 20.6 Å². The number of hydrogen-bond acceptors (Lipinski definition) is 7. The second-order valence-corrected chi connectivity index (χ2v) is 8.35. The van der Waals surface area contributed by atoms with Gasteiger partial charge in [0.15, 0.2) is 5.82 Å². The highest BCUT2D eigenvalue weighted by atomic mass is 35.5. The molecule has 0 unspecified atom stereocenters. The molecule has 1 aliphatic heterocycles. The molecule has 0 bridgehead atoms. The van der Waals surface area contributed by atoms with Crippen molar-refractivity contribution in [1.82, 2.24) is 9.97 Å². The molecule has 4 N–H and O–H groups in total. The van der Waals surface area contributed by atoms with Gasteiger partial charge in [-0.3, -0.25) is 4.79 Å². The summed E-state index contributed by atoms with van der Waals surface area (Å²) in [7, 11) is 0. The number of amides is 3. The van der Waals surface area contributed by atoms with Crippen LogP contribution in [0.5, 0.6) is 0 Å². The minimum absolute atomic E-state index is 0.0309. The van der Waals surface area contributed by atoms with Gasteiger partial charge < -0.3 is 26.0 Å². The van der Waals surface area contributed by atoms with E-state index in [1.54, 1.807) is 41.5 Å². The number of anilines is 4. The van der Waals surface area contributed by atoms with Gasteiger partial charge in [-0.1, -0.05) is 11.6 Å². The SMILES string of the molecule is CSc1c(N)nc(-c2ccc(NC(=O)Nc3ccc(N4CCOCC4=O)cc3)c(F)c2)nc1Cl. The predicted octanol–water partition coefficient (Wildman–Crippen LogP) is 4.25. The maximum atomic E-state index is 14.7. The number of aromatic nitrogens is 2. The van der Waals surface area contributed by atoms with Crippen LogP contribution in [0.1, 0.15) is 0 Å². The summed E-state index contributed by atoms with van der Waals surface area (Å²) in [6.45, 7) is 0.976. The molecule has 34 heavy (non-hydrogen) atoms. The van der Waals surface area contributed by atoms with Crippen LogP contribution >= 0.6 is 23.4 Å². The number of urea groups is 1. The quantitative estimate of drug-likeness (QED) is 0.352. The Hall–Kier alpha value is -3.41. The summed E-state index contributed by atoms with van der Waals surface area (Å²) >= 11 is 7.44. The van der Waals surface area contributed by atoms with E-state index in [0.717, 1.165) is 0 Å². The van der Waals surface area contributed by atoms with Crippen molar-refractivity contribution >= 4 is 58.2 Å². The Morgan fingerprint density at radius 2 is 1.97 bits per heavy atom. The Bertz CT molecular complexity index is 1220. The van der Waals surface area contributed by atoms with E-state index in [1.807, 2.05) is 0 Å². The van der Waals surface area contributed by atoms with Crippen molar-refractivity contribution in [3.05, 3.63) is 53.4 Å². The molecule has 176 valence electrons. The zero-order valence-corrected chi connectivity index (χ0v) is 19.5. The van der Waals surface area contributed by atoms with Gasteiger partial charge in [-0.2, -0.15) is 0 Å². The van der Waals surface area contributed by atoms with Gasteiger partial charge in [-0.15, -0.1) is 11.8 Å². The fourth-order valence-corrected chi connectivity index (χ4v) is 4.19. The number of carbonyl (C=O) groups is 2. The van der Waals surface area contributed by atoms with Gasteiger partial charge in [-0.25, -0.2) is 19.2 Å². The number of nitrogens with one attached hydrogen (secondary N) is 2. The van der Waals surface area contributed by atoms with Crippen molar-refractivity contribution < 1.29 is 18.7 Å². The van der Waals surface area contributed by atoms with Crippen molar-refractivity contribution in [3.63, 3.8) is 0 Å². The lowest BCUT2D eigenvalue weighted by Gasteiger charge is -2.26. The zero-order chi connectivity index (χ0) is 24.2. The summed E-state index contributed by atoms with van der Waals surface area (Å²) < 4.78 is 19.8. The molecule has 2 heterocycles. The van der Waals surface area contributed by atoms with Crippen molar-refractivity contribution in [1.29, 1.82) is 0 Å². The molecule has 1 aliphatic rings. The molecule has 1 saturated heterocycles. The summed E-state index contributed by atoms with van der Waals surface area (Å²) in [5.41, 5.74) is 7.40. The third-order valence-corrected chi connectivity index (χ3v) is 6.15. The number of benzene rings is 2. The number of nitrogens with zero attached hydrogens (tertiary/aromatic N) is 3. The monoisotopic (exact) mass is 502 g/mol. The van der Waals surface area contributed by atoms with Crippen molar-refractivity contribution in [2.75, 3.05) is 47.3 Å². The van der Waals surface area contributed by atoms with Gasteiger partial charge >= 0.3 is 6.03 Å². The van der Waals surface area contributed by atoms with Crippen LogP contribution in [0, 0.1) is 5.82 Å². The Morgan fingerprint density at radius 1 is 1.21 bits per heavy atom. The summed E-state index contributed by atoms with van der Waals surface area (Å²) in [6.07, 6.45) is 1.80. The Balaban J connectivity index is 1.42. The molecule has 9 nitrogen and oxygen atoms in total. The smallest absolute Gasteiger partial charge is 0.323 e. The molecular formula is C22H20ClFN6O3S. The van der Waals surface area contributed by atoms with Gasteiger partial charge in [0.2, 0.25) is 0 Å². The zero-order valence-electron chi connectivity index (χ0n) is 18.0. The lowest BCUT2D eigenvalue weighted by molar-refractivity contribution is -0.125. The van der Waals surface area contributed by atoms with Crippen molar-refractivity contribution in [3.8, 4) is 11.4 Å². The fourth-order valence-electron chi connectivity index (χ4n) is 3.31. The van der Waals surface area contributed by atoms with E-state index in [0.29, 0.717) is 35.0 Å². The van der Waals surface area contributed by atoms with E-state index >= 15 is 0 Å². The highest BCUT2D eigenvalue weighted by Gasteiger charge is 2.20. The number of thioether (sulfide) groups is 1. The molecule has 0 spiro atoms. The van der Waals surface area contributed by atoms with E-state index < -0.39 is 11.8 Å². The summed E-state index contributed by atoms with van der Waals surface area (Å²) in [6, 6.07) is 10.2. The molecule has 4 rings (SSSR count). The molecular weight excluding hydrogens is 483 g/mol. The number of rotatable bonds is 5. The maximum absolute atomic E-state index is 14.7. The third kappa shape index (κ3) is 5.22. The number of halogens is 2. The van der Waals surface area contributed by atoms with E-state index in [1.165, 1.54) is 23.9 Å². The highest BCUT2D eigenvalue weighted by Crippen LogP contribution is 2.31. The molecule has 1 fully saturated rings. The fraction of sp³-hybridized carbons (Fsp3) is 0.182. The van der Waals surface area contributed by atoms with Crippen LogP contribution in [-0.4, -0.2) is 47.9 Å². The minimum Gasteiger partial charge on any atom is -0.383 e. The molecule has 2 aromatic carbocycles. The van der Waals surface area contributed by atoms with Gasteiger partial charge in [0.1, 0.15) is 23.4 Å². The average molecular weight is 503 g/mol. The van der Waals surface area contributed by atoms with Crippen LogP contribution in [0.2, 0.25) is 5.15 Å². The van der Waals surface area contributed by atoms with Crippen molar-refractivity contribution in [2.24, 2.45) is 0 Å². The Labute approximate surface area is 203 Å². The number of nitrogen functional groups attached to an aromatic ring is 1. The summed E-state index contributed by atoms with van der Waals surface area (Å²) in [4.78, 5) is 34.8. The summed E-state index contributed by atoms with van der Waals surface area (Å²) in [5, 5.41) is 5.27. The first-order valence-corrected chi connectivity index (χ1v) is 11.7. The Kier molecular flexibility index (Phi) is 7.15. The first kappa shape index (κ1) is 23.7. The molecule has 3 aromatic rings. The van der Waals surface area contributed by atoms with Gasteiger partial charge in [0.05, 0.1) is 17.2 Å². The topological polar surface area (TPSA) is 122 Å². The molecule has 0 radical (unpaired) electrons. The van der Waals surface area contributed by atoms with Crippen LogP contribution in [0.4, 0.5) is 32.1 Å². The van der Waals surface area contributed by atoms with E-state index in [4.69, 9.17) is 22.1 Å². The third-order valence-electron chi connectivity index (χ3n) is 4.95. The summed E-state index contributed by atoms with van der Waals surface area (Å²) in [5.74, 6) is -0.428. The molecule has 0 saturated carbocycles. The largest absolute Gasteiger partial charge is 0.383 e. The lowest BCUT2D eigenvalue weighted by Crippen LogP contribution is -2.41. The van der Waals surface area contributed by atoms with Crippen LogP contribution in [0.15, 0.2) is 47.4 Å². The normalized spacial score (nSPS) is 13.6. The number of ether oxygens (including phenoxy) is 1. The average Bonchev–Trinajstić information content (AvgIpc) is 2.81. The van der Waals surface area contributed by atoms with Crippen LogP contribution in [0.25, 0.3) is 11.4 Å². The first-order chi connectivity index (χ1) is 16.4. The van der Waals surface area contributed by atoms with Crippen molar-refractivity contribution in [2.45, 2.75) is 4.90 Å². The standard InChI is InChI=1S/C22H20ClFN6O3S/c1-34-18-19(23)28-21(29-20(18)25)12-2-7-16(15(24)10-12)27-22(32)26-13-3-5-14(6-4-13)30-8-9-33-11-17(30)31/h2-7,10H,8-9,11H2,1H3,(H2,25,28,29)(H2,26,27,32). The predicted molar refractivity (Wildman–Crippen MR) is 131 cm³/mol. The van der Waals surface area contributed by atoms with Gasteiger partial charge in [-0.05, 0) is 48.7 Å². The van der Waals surface area contributed by atoms with E-state index in [9.17, 15) is 14.0 Å². The van der Waals surface area contributed by atoms with E-state index in [-0.39, 0.29) is 35.0 Å². The second-order valence-electron chi connectivity index (χ2n) is 7.18. The number of hydrogen-bond donors (Lipinski definition) is 3. The maximum Gasteiger partial charge on any atom is 0.323 e. The molecule has 0 aliphatic carbocycles. The van der Waals surface area contributed by atoms with Crippen LogP contribution in [-0.2, 0) is 9.53 Å². The lowest BCUT2D eigenvalue weighted by atomic mass is 10.2. The molecule has 1 aromatic heterocycles. The van der Waals surface area contributed by atoms with Crippen LogP contribution < -0.4 is 21.3 Å². The van der Waals surface area contributed by atoms with Crippen LogP contribution in [0.3, 0.4) is 0 Å².